The minimum atomic E-state index is -0.210. The summed E-state index contributed by atoms with van der Waals surface area (Å²) in [5.41, 5.74) is 0. The van der Waals surface area contributed by atoms with Crippen molar-refractivity contribution in [3.05, 3.63) is 0 Å². The number of aliphatic hydroxyl groups excluding tert-OH is 1. The number of piperidine rings is 1. The predicted molar refractivity (Wildman–Crippen MR) is 59.4 cm³/mol. The number of hydrogen-bond donors (Lipinski definition) is 2. The first-order valence-electron chi connectivity index (χ1n) is 5.86. The second-order valence-electron chi connectivity index (χ2n) is 4.35. The molecule has 0 aromatic carbocycles. The lowest BCUT2D eigenvalue weighted by atomic mass is 10.0. The van der Waals surface area contributed by atoms with E-state index in [0.29, 0.717) is 6.04 Å². The van der Waals surface area contributed by atoms with Gasteiger partial charge in [0.05, 0.1) is 6.10 Å². The highest BCUT2D eigenvalue weighted by Crippen LogP contribution is 2.08. The lowest BCUT2D eigenvalue weighted by Gasteiger charge is -2.30. The van der Waals surface area contributed by atoms with Gasteiger partial charge in [0.15, 0.2) is 0 Å². The third-order valence-electron chi connectivity index (χ3n) is 2.86. The van der Waals surface area contributed by atoms with Gasteiger partial charge in [-0.05, 0) is 32.9 Å². The van der Waals surface area contributed by atoms with E-state index in [2.05, 4.69) is 17.1 Å². The van der Waals surface area contributed by atoms with Crippen LogP contribution in [0.4, 0.5) is 0 Å². The molecule has 0 bridgehead atoms. The van der Waals surface area contributed by atoms with E-state index < -0.39 is 0 Å². The molecular formula is C11H24N2O. The first-order chi connectivity index (χ1) is 6.72. The summed E-state index contributed by atoms with van der Waals surface area (Å²) in [6, 6.07) is 0.641. The molecule has 84 valence electrons. The number of hydrogen-bond acceptors (Lipinski definition) is 3. The molecule has 0 aromatic rings. The van der Waals surface area contributed by atoms with Crippen LogP contribution >= 0.6 is 0 Å². The van der Waals surface area contributed by atoms with E-state index in [4.69, 9.17) is 0 Å². The van der Waals surface area contributed by atoms with Gasteiger partial charge in [-0.3, -0.25) is 4.90 Å². The van der Waals surface area contributed by atoms with E-state index in [0.717, 1.165) is 26.2 Å². The Bertz CT molecular complexity index is 144. The van der Waals surface area contributed by atoms with Crippen LogP contribution in [0.5, 0.6) is 0 Å². The van der Waals surface area contributed by atoms with Crippen molar-refractivity contribution in [2.75, 3.05) is 26.2 Å². The van der Waals surface area contributed by atoms with Crippen molar-refractivity contribution < 1.29 is 5.11 Å². The highest BCUT2D eigenvalue weighted by molar-refractivity contribution is 4.76. The molecule has 1 unspecified atom stereocenters. The number of rotatable bonds is 5. The third kappa shape index (κ3) is 4.40. The second kappa shape index (κ2) is 6.38. The van der Waals surface area contributed by atoms with E-state index in [1.165, 1.54) is 19.3 Å². The summed E-state index contributed by atoms with van der Waals surface area (Å²) >= 11 is 0. The fourth-order valence-corrected chi connectivity index (χ4v) is 2.10. The normalized spacial score (nSPS) is 25.3. The first-order valence-corrected chi connectivity index (χ1v) is 5.86. The molecule has 1 fully saturated rings. The Hall–Kier alpha value is -0.120. The average Bonchev–Trinajstić information content (AvgIpc) is 2.17. The minimum Gasteiger partial charge on any atom is -0.392 e. The molecule has 2 atom stereocenters. The molecule has 3 heteroatoms. The Labute approximate surface area is 87.5 Å². The Balaban J connectivity index is 2.23. The molecule has 0 amide bonds. The van der Waals surface area contributed by atoms with Crippen LogP contribution in [0.1, 0.15) is 33.1 Å². The summed E-state index contributed by atoms with van der Waals surface area (Å²) in [5.74, 6) is 0. The molecule has 1 aliphatic rings. The van der Waals surface area contributed by atoms with Crippen molar-refractivity contribution in [3.63, 3.8) is 0 Å². The molecule has 0 saturated carbocycles. The van der Waals surface area contributed by atoms with Crippen LogP contribution in [0.15, 0.2) is 0 Å². The fourth-order valence-electron chi connectivity index (χ4n) is 2.10. The van der Waals surface area contributed by atoms with Gasteiger partial charge >= 0.3 is 0 Å². The Morgan fingerprint density at radius 1 is 1.50 bits per heavy atom. The van der Waals surface area contributed by atoms with E-state index in [9.17, 15) is 5.11 Å². The maximum atomic E-state index is 9.32. The molecule has 2 N–H and O–H groups in total. The first kappa shape index (κ1) is 12.0. The quantitative estimate of drug-likeness (QED) is 0.690. The molecule has 0 aliphatic carbocycles. The molecule has 1 rings (SSSR count). The van der Waals surface area contributed by atoms with Gasteiger partial charge in [-0.2, -0.15) is 0 Å². The third-order valence-corrected chi connectivity index (χ3v) is 2.86. The molecule has 1 saturated heterocycles. The SMILES string of the molecule is CCN(CC1CCCCN1)C[C@@H](C)O. The van der Waals surface area contributed by atoms with Crippen LogP contribution in [0.3, 0.4) is 0 Å². The van der Waals surface area contributed by atoms with E-state index in [1.807, 2.05) is 6.92 Å². The maximum absolute atomic E-state index is 9.32. The van der Waals surface area contributed by atoms with Crippen LogP contribution in [-0.4, -0.2) is 48.3 Å². The van der Waals surface area contributed by atoms with Gasteiger partial charge in [0.1, 0.15) is 0 Å². The van der Waals surface area contributed by atoms with Crippen molar-refractivity contribution in [3.8, 4) is 0 Å². The predicted octanol–water partition coefficient (Wildman–Crippen LogP) is 0.831. The van der Waals surface area contributed by atoms with Gasteiger partial charge in [0.2, 0.25) is 0 Å². The van der Waals surface area contributed by atoms with Crippen LogP contribution in [0.25, 0.3) is 0 Å². The summed E-state index contributed by atoms with van der Waals surface area (Å²) in [6.07, 6.45) is 3.75. The van der Waals surface area contributed by atoms with Crippen LogP contribution in [0, 0.1) is 0 Å². The van der Waals surface area contributed by atoms with Gasteiger partial charge in [-0.25, -0.2) is 0 Å². The summed E-state index contributed by atoms with van der Waals surface area (Å²) in [6.45, 7) is 8.10. The standard InChI is InChI=1S/C11H24N2O/c1-3-13(8-10(2)14)9-11-6-4-5-7-12-11/h10-12,14H,3-9H2,1-2H3/t10-,11?/m1/s1. The molecule has 1 heterocycles. The number of nitrogens with zero attached hydrogens (tertiary/aromatic N) is 1. The van der Waals surface area contributed by atoms with Crippen molar-refractivity contribution in [2.24, 2.45) is 0 Å². The molecule has 0 aromatic heterocycles. The zero-order chi connectivity index (χ0) is 10.4. The van der Waals surface area contributed by atoms with Crippen LogP contribution in [0.2, 0.25) is 0 Å². The lowest BCUT2D eigenvalue weighted by molar-refractivity contribution is 0.120. The summed E-state index contributed by atoms with van der Waals surface area (Å²) in [5, 5.41) is 12.9. The zero-order valence-electron chi connectivity index (χ0n) is 9.50. The molecule has 14 heavy (non-hydrogen) atoms. The largest absolute Gasteiger partial charge is 0.392 e. The maximum Gasteiger partial charge on any atom is 0.0639 e. The molecular weight excluding hydrogens is 176 g/mol. The van der Waals surface area contributed by atoms with Gasteiger partial charge in [-0.15, -0.1) is 0 Å². The molecule has 0 radical (unpaired) electrons. The smallest absolute Gasteiger partial charge is 0.0639 e. The van der Waals surface area contributed by atoms with Crippen molar-refractivity contribution in [1.29, 1.82) is 0 Å². The lowest BCUT2D eigenvalue weighted by Crippen LogP contribution is -2.45. The number of aliphatic hydroxyl groups is 1. The van der Waals surface area contributed by atoms with Crippen LogP contribution in [-0.2, 0) is 0 Å². The monoisotopic (exact) mass is 200 g/mol. The highest BCUT2D eigenvalue weighted by Gasteiger charge is 2.16. The van der Waals surface area contributed by atoms with Crippen molar-refractivity contribution >= 4 is 0 Å². The van der Waals surface area contributed by atoms with Crippen LogP contribution < -0.4 is 5.32 Å². The Kier molecular flexibility index (Phi) is 5.45. The average molecular weight is 200 g/mol. The summed E-state index contributed by atoms with van der Waals surface area (Å²) in [7, 11) is 0. The van der Waals surface area contributed by atoms with Gasteiger partial charge in [0, 0.05) is 19.1 Å². The van der Waals surface area contributed by atoms with Gasteiger partial charge < -0.3 is 10.4 Å². The summed E-state index contributed by atoms with van der Waals surface area (Å²) < 4.78 is 0. The Morgan fingerprint density at radius 2 is 2.29 bits per heavy atom. The minimum absolute atomic E-state index is 0.210. The molecule has 0 spiro atoms. The zero-order valence-corrected chi connectivity index (χ0v) is 9.50. The number of nitrogens with one attached hydrogen (secondary N) is 1. The van der Waals surface area contributed by atoms with E-state index in [-0.39, 0.29) is 6.10 Å². The van der Waals surface area contributed by atoms with Crippen molar-refractivity contribution in [2.45, 2.75) is 45.3 Å². The van der Waals surface area contributed by atoms with Crippen molar-refractivity contribution in [1.82, 2.24) is 10.2 Å². The van der Waals surface area contributed by atoms with E-state index in [1.54, 1.807) is 0 Å². The second-order valence-corrected chi connectivity index (χ2v) is 4.35. The van der Waals surface area contributed by atoms with Gasteiger partial charge in [0.25, 0.3) is 0 Å². The highest BCUT2D eigenvalue weighted by atomic mass is 16.3. The number of likely N-dealkylation sites (N-methyl/N-ethyl adjacent to an activating group) is 1. The fraction of sp³-hybridized carbons (Fsp3) is 1.00. The van der Waals surface area contributed by atoms with E-state index >= 15 is 0 Å². The topological polar surface area (TPSA) is 35.5 Å². The molecule has 1 aliphatic heterocycles. The van der Waals surface area contributed by atoms with Gasteiger partial charge in [-0.1, -0.05) is 13.3 Å². The Morgan fingerprint density at radius 3 is 2.79 bits per heavy atom. The molecule has 3 nitrogen and oxygen atoms in total. The summed E-state index contributed by atoms with van der Waals surface area (Å²) in [4.78, 5) is 2.33.